The number of amidine groups is 1. The molecule has 2 aliphatic rings. The van der Waals surface area contributed by atoms with Crippen molar-refractivity contribution < 1.29 is 14.6 Å². The lowest BCUT2D eigenvalue weighted by Gasteiger charge is -2.13. The number of ether oxygens (including phenoxy) is 1. The molecule has 6 heteroatoms. The molecule has 1 saturated heterocycles. The number of nitrogens with one attached hydrogen (secondary N) is 2. The summed E-state index contributed by atoms with van der Waals surface area (Å²) in [6, 6.07) is 0. The fraction of sp³-hybridized carbons (Fsp3) is 0.667. The number of hydrogen-bond donors (Lipinski definition) is 3. The zero-order valence-electron chi connectivity index (χ0n) is 10.5. The summed E-state index contributed by atoms with van der Waals surface area (Å²) in [5, 5.41) is 15.4. The van der Waals surface area contributed by atoms with Gasteiger partial charge in [-0.3, -0.25) is 9.79 Å². The van der Waals surface area contributed by atoms with E-state index in [1.54, 1.807) is 0 Å². The molecule has 6 nitrogen and oxygen atoms in total. The normalized spacial score (nSPS) is 24.3. The number of aliphatic hydroxyl groups is 1. The van der Waals surface area contributed by atoms with Crippen molar-refractivity contribution in [2.24, 2.45) is 4.99 Å². The average Bonchev–Trinajstić information content (AvgIpc) is 2.99. The van der Waals surface area contributed by atoms with E-state index in [1.807, 2.05) is 0 Å². The van der Waals surface area contributed by atoms with Crippen molar-refractivity contribution in [1.82, 2.24) is 10.6 Å². The minimum absolute atomic E-state index is 0.0204. The lowest BCUT2D eigenvalue weighted by atomic mass is 10.2. The van der Waals surface area contributed by atoms with Crippen LogP contribution in [0.15, 0.2) is 16.3 Å². The maximum Gasteiger partial charge on any atom is 0.258 e. The summed E-state index contributed by atoms with van der Waals surface area (Å²) >= 11 is 0. The highest BCUT2D eigenvalue weighted by atomic mass is 16.5. The minimum Gasteiger partial charge on any atom is -0.512 e. The first-order chi connectivity index (χ1) is 8.68. The Labute approximate surface area is 106 Å². The van der Waals surface area contributed by atoms with Gasteiger partial charge in [0.15, 0.2) is 0 Å². The minimum atomic E-state index is -0.307. The van der Waals surface area contributed by atoms with Crippen molar-refractivity contribution in [2.75, 3.05) is 26.2 Å². The van der Waals surface area contributed by atoms with E-state index in [0.29, 0.717) is 25.5 Å². The molecule has 0 aromatic carbocycles. The van der Waals surface area contributed by atoms with E-state index in [2.05, 4.69) is 15.6 Å². The first kappa shape index (κ1) is 12.9. The summed E-state index contributed by atoms with van der Waals surface area (Å²) in [6.45, 7) is 4.05. The van der Waals surface area contributed by atoms with Crippen molar-refractivity contribution in [1.29, 1.82) is 0 Å². The average molecular weight is 253 g/mol. The molecule has 2 heterocycles. The monoisotopic (exact) mass is 253 g/mol. The molecule has 0 spiro atoms. The number of nitrogens with zero attached hydrogens (tertiary/aromatic N) is 1. The summed E-state index contributed by atoms with van der Waals surface area (Å²) in [6.07, 6.45) is 2.10. The van der Waals surface area contributed by atoms with Gasteiger partial charge in [0, 0.05) is 19.7 Å². The van der Waals surface area contributed by atoms with Gasteiger partial charge >= 0.3 is 0 Å². The molecular weight excluding hydrogens is 234 g/mol. The topological polar surface area (TPSA) is 83.0 Å². The highest BCUT2D eigenvalue weighted by molar-refractivity contribution is 6.21. The van der Waals surface area contributed by atoms with Crippen LogP contribution in [0.4, 0.5) is 0 Å². The predicted octanol–water partition coefficient (Wildman–Crippen LogP) is 0.115. The van der Waals surface area contributed by atoms with Crippen LogP contribution in [-0.4, -0.2) is 49.2 Å². The van der Waals surface area contributed by atoms with Crippen LogP contribution in [-0.2, 0) is 9.53 Å². The highest BCUT2D eigenvalue weighted by Crippen LogP contribution is 2.11. The molecule has 1 amide bonds. The SMILES string of the molecule is C/C(O)=C(/C(=O)NC[C@@H]1CCCO1)C1=NCCN1. The first-order valence-corrected chi connectivity index (χ1v) is 6.27. The number of allylic oxidation sites excluding steroid dienone is 1. The third kappa shape index (κ3) is 3.01. The Balaban J connectivity index is 1.94. The number of aliphatic hydroxyl groups excluding tert-OH is 1. The van der Waals surface area contributed by atoms with E-state index in [9.17, 15) is 9.90 Å². The number of rotatable bonds is 4. The molecule has 2 rings (SSSR count). The smallest absolute Gasteiger partial charge is 0.258 e. The van der Waals surface area contributed by atoms with Gasteiger partial charge in [-0.05, 0) is 19.8 Å². The Bertz CT molecular complexity index is 380. The molecule has 100 valence electrons. The second-order valence-electron chi connectivity index (χ2n) is 4.46. The third-order valence-corrected chi connectivity index (χ3v) is 3.01. The van der Waals surface area contributed by atoms with E-state index >= 15 is 0 Å². The van der Waals surface area contributed by atoms with E-state index in [1.165, 1.54) is 6.92 Å². The van der Waals surface area contributed by atoms with Crippen LogP contribution in [0.5, 0.6) is 0 Å². The number of hydrogen-bond acceptors (Lipinski definition) is 5. The molecular formula is C12H19N3O3. The maximum atomic E-state index is 12.0. The Hall–Kier alpha value is -1.56. The summed E-state index contributed by atoms with van der Waals surface area (Å²) in [4.78, 5) is 16.2. The van der Waals surface area contributed by atoms with E-state index < -0.39 is 0 Å². The quantitative estimate of drug-likeness (QED) is 0.491. The van der Waals surface area contributed by atoms with Crippen molar-refractivity contribution in [3.8, 4) is 0 Å². The van der Waals surface area contributed by atoms with Crippen LogP contribution < -0.4 is 10.6 Å². The third-order valence-electron chi connectivity index (χ3n) is 3.01. The van der Waals surface area contributed by atoms with Crippen LogP contribution >= 0.6 is 0 Å². The molecule has 0 aromatic heterocycles. The van der Waals surface area contributed by atoms with Gasteiger partial charge in [-0.15, -0.1) is 0 Å². The summed E-state index contributed by atoms with van der Waals surface area (Å²) < 4.78 is 5.43. The van der Waals surface area contributed by atoms with Gasteiger partial charge < -0.3 is 20.5 Å². The van der Waals surface area contributed by atoms with Crippen molar-refractivity contribution >= 4 is 11.7 Å². The van der Waals surface area contributed by atoms with Gasteiger partial charge in [-0.25, -0.2) is 0 Å². The van der Waals surface area contributed by atoms with Gasteiger partial charge in [0.1, 0.15) is 17.2 Å². The molecule has 18 heavy (non-hydrogen) atoms. The Morgan fingerprint density at radius 1 is 1.67 bits per heavy atom. The molecule has 0 bridgehead atoms. The Kier molecular flexibility index (Phi) is 4.19. The number of amides is 1. The standard InChI is InChI=1S/C12H19N3O3/c1-8(16)10(11-13-4-5-14-11)12(17)15-7-9-3-2-6-18-9/h9,16H,2-7H2,1H3,(H,13,14)(H,15,17)/b10-8-/t9-/m0/s1. The highest BCUT2D eigenvalue weighted by Gasteiger charge is 2.23. The number of carbonyl (C=O) groups is 1. The zero-order chi connectivity index (χ0) is 13.0. The lowest BCUT2D eigenvalue weighted by Crippen LogP contribution is -2.37. The molecule has 3 N–H and O–H groups in total. The maximum absolute atomic E-state index is 12.0. The number of carbonyl (C=O) groups excluding carboxylic acids is 1. The fourth-order valence-electron chi connectivity index (χ4n) is 2.11. The Morgan fingerprint density at radius 3 is 3.06 bits per heavy atom. The summed E-state index contributed by atoms with van der Waals surface area (Å²) in [5.41, 5.74) is 0.227. The predicted molar refractivity (Wildman–Crippen MR) is 67.6 cm³/mol. The van der Waals surface area contributed by atoms with Crippen LogP contribution in [0, 0.1) is 0 Å². The van der Waals surface area contributed by atoms with Gasteiger partial charge in [-0.1, -0.05) is 0 Å². The molecule has 0 aliphatic carbocycles. The van der Waals surface area contributed by atoms with Crippen LogP contribution in [0.2, 0.25) is 0 Å². The summed E-state index contributed by atoms with van der Waals surface area (Å²) in [7, 11) is 0. The van der Waals surface area contributed by atoms with Crippen LogP contribution in [0.25, 0.3) is 0 Å². The molecule has 0 aromatic rings. The summed E-state index contributed by atoms with van der Waals surface area (Å²) in [5.74, 6) is 0.145. The largest absolute Gasteiger partial charge is 0.512 e. The first-order valence-electron chi connectivity index (χ1n) is 6.27. The molecule has 0 unspecified atom stereocenters. The van der Waals surface area contributed by atoms with Gasteiger partial charge in [-0.2, -0.15) is 0 Å². The van der Waals surface area contributed by atoms with Crippen molar-refractivity contribution in [3.05, 3.63) is 11.3 Å². The molecule has 2 aliphatic heterocycles. The molecule has 0 saturated carbocycles. The molecule has 1 fully saturated rings. The van der Waals surface area contributed by atoms with Gasteiger partial charge in [0.25, 0.3) is 5.91 Å². The second-order valence-corrected chi connectivity index (χ2v) is 4.46. The van der Waals surface area contributed by atoms with E-state index in [-0.39, 0.29) is 23.3 Å². The molecule has 1 atom stereocenters. The zero-order valence-corrected chi connectivity index (χ0v) is 10.5. The van der Waals surface area contributed by atoms with Gasteiger partial charge in [0.05, 0.1) is 12.6 Å². The van der Waals surface area contributed by atoms with E-state index in [4.69, 9.17) is 4.74 Å². The van der Waals surface area contributed by atoms with Crippen molar-refractivity contribution in [2.45, 2.75) is 25.9 Å². The van der Waals surface area contributed by atoms with Crippen LogP contribution in [0.1, 0.15) is 19.8 Å². The lowest BCUT2D eigenvalue weighted by molar-refractivity contribution is -0.117. The van der Waals surface area contributed by atoms with E-state index in [0.717, 1.165) is 19.4 Å². The van der Waals surface area contributed by atoms with Gasteiger partial charge in [0.2, 0.25) is 0 Å². The Morgan fingerprint density at radius 2 is 2.50 bits per heavy atom. The molecule has 0 radical (unpaired) electrons. The number of aliphatic imine (C=N–C) groups is 1. The fourth-order valence-corrected chi connectivity index (χ4v) is 2.11. The van der Waals surface area contributed by atoms with Crippen molar-refractivity contribution in [3.63, 3.8) is 0 Å². The van der Waals surface area contributed by atoms with Crippen LogP contribution in [0.3, 0.4) is 0 Å². The second kappa shape index (κ2) is 5.86.